The van der Waals surface area contributed by atoms with Gasteiger partial charge in [0.25, 0.3) is 0 Å². The smallest absolute Gasteiger partial charge is 0.338 e. The third-order valence-electron chi connectivity index (χ3n) is 2.65. The van der Waals surface area contributed by atoms with Gasteiger partial charge in [0.1, 0.15) is 5.82 Å². The number of benzene rings is 1. The van der Waals surface area contributed by atoms with E-state index in [9.17, 15) is 14.0 Å². The summed E-state index contributed by atoms with van der Waals surface area (Å²) in [6, 6.07) is 3.55. The molecule has 1 aromatic rings. The second-order valence-electron chi connectivity index (χ2n) is 4.20. The average Bonchev–Trinajstić information content (AvgIpc) is 3.00. The van der Waals surface area contributed by atoms with Crippen LogP contribution in [0, 0.1) is 11.7 Å². The highest BCUT2D eigenvalue weighted by molar-refractivity contribution is 5.92. The van der Waals surface area contributed by atoms with Crippen molar-refractivity contribution in [2.24, 2.45) is 5.92 Å². The number of halogens is 1. The van der Waals surface area contributed by atoms with Crippen LogP contribution in [0.15, 0.2) is 18.2 Å². The lowest BCUT2D eigenvalue weighted by Gasteiger charge is -2.05. The number of carboxylic acids is 1. The van der Waals surface area contributed by atoms with Gasteiger partial charge >= 0.3 is 5.97 Å². The molecule has 1 aliphatic carbocycles. The third-order valence-corrected chi connectivity index (χ3v) is 2.65. The van der Waals surface area contributed by atoms with Crippen LogP contribution in [0.2, 0.25) is 0 Å². The first-order valence-corrected chi connectivity index (χ1v) is 5.39. The molecular formula is C12H12FNO3. The number of anilines is 1. The van der Waals surface area contributed by atoms with Crippen molar-refractivity contribution in [1.82, 2.24) is 0 Å². The molecule has 0 radical (unpaired) electrons. The molecule has 0 heterocycles. The molecule has 0 saturated heterocycles. The van der Waals surface area contributed by atoms with Crippen LogP contribution < -0.4 is 5.32 Å². The molecule has 1 amide bonds. The Morgan fingerprint density at radius 1 is 1.41 bits per heavy atom. The van der Waals surface area contributed by atoms with E-state index in [0.29, 0.717) is 12.3 Å². The molecular weight excluding hydrogens is 225 g/mol. The second kappa shape index (κ2) is 4.53. The van der Waals surface area contributed by atoms with E-state index in [1.165, 1.54) is 6.07 Å². The lowest BCUT2D eigenvalue weighted by Crippen LogP contribution is -2.12. The molecule has 4 nitrogen and oxygen atoms in total. The largest absolute Gasteiger partial charge is 0.478 e. The summed E-state index contributed by atoms with van der Waals surface area (Å²) in [5.74, 6) is -1.87. The number of carbonyl (C=O) groups excluding carboxylic acids is 1. The summed E-state index contributed by atoms with van der Waals surface area (Å²) in [4.78, 5) is 22.0. The van der Waals surface area contributed by atoms with Gasteiger partial charge < -0.3 is 10.4 Å². The van der Waals surface area contributed by atoms with Crippen LogP contribution in [0.5, 0.6) is 0 Å². The molecule has 0 unspecified atom stereocenters. The lowest BCUT2D eigenvalue weighted by atomic mass is 10.2. The van der Waals surface area contributed by atoms with Gasteiger partial charge in [-0.3, -0.25) is 4.79 Å². The van der Waals surface area contributed by atoms with Gasteiger partial charge in [-0.05, 0) is 37.0 Å². The van der Waals surface area contributed by atoms with E-state index >= 15 is 0 Å². The minimum absolute atomic E-state index is 0.157. The molecule has 1 aromatic carbocycles. The number of hydrogen-bond acceptors (Lipinski definition) is 2. The first kappa shape index (κ1) is 11.6. The fourth-order valence-electron chi connectivity index (χ4n) is 1.56. The third kappa shape index (κ3) is 3.03. The Morgan fingerprint density at radius 3 is 2.65 bits per heavy atom. The minimum atomic E-state index is -1.32. The quantitative estimate of drug-likeness (QED) is 0.844. The van der Waals surface area contributed by atoms with Crippen molar-refractivity contribution in [3.8, 4) is 0 Å². The SMILES string of the molecule is O=C(CC1CC1)Nc1ccc(C(=O)O)c(F)c1. The molecule has 0 spiro atoms. The van der Waals surface area contributed by atoms with E-state index in [2.05, 4.69) is 5.32 Å². The number of amides is 1. The highest BCUT2D eigenvalue weighted by atomic mass is 19.1. The fourth-order valence-corrected chi connectivity index (χ4v) is 1.56. The van der Waals surface area contributed by atoms with Crippen LogP contribution in [-0.2, 0) is 4.79 Å². The van der Waals surface area contributed by atoms with Gasteiger partial charge in [0.2, 0.25) is 5.91 Å². The van der Waals surface area contributed by atoms with Gasteiger partial charge in [0.05, 0.1) is 5.56 Å². The summed E-state index contributed by atoms with van der Waals surface area (Å²) in [7, 11) is 0. The number of carboxylic acid groups (broad SMARTS) is 1. The highest BCUT2D eigenvalue weighted by Crippen LogP contribution is 2.32. The number of rotatable bonds is 4. The zero-order valence-corrected chi connectivity index (χ0v) is 9.07. The number of nitrogens with one attached hydrogen (secondary N) is 1. The van der Waals surface area contributed by atoms with Crippen molar-refractivity contribution in [3.05, 3.63) is 29.6 Å². The predicted molar refractivity (Wildman–Crippen MR) is 59.3 cm³/mol. The van der Waals surface area contributed by atoms with Crippen LogP contribution in [0.3, 0.4) is 0 Å². The number of aromatic carboxylic acids is 1. The molecule has 90 valence electrons. The van der Waals surface area contributed by atoms with Crippen molar-refractivity contribution in [1.29, 1.82) is 0 Å². The van der Waals surface area contributed by atoms with E-state index in [0.717, 1.165) is 25.0 Å². The normalized spacial score (nSPS) is 14.4. The van der Waals surface area contributed by atoms with Gasteiger partial charge in [-0.25, -0.2) is 9.18 Å². The Balaban J connectivity index is 2.03. The molecule has 5 heteroatoms. The maximum absolute atomic E-state index is 13.3. The van der Waals surface area contributed by atoms with E-state index in [1.54, 1.807) is 0 Å². The maximum Gasteiger partial charge on any atom is 0.338 e. The molecule has 1 aliphatic rings. The Hall–Kier alpha value is -1.91. The van der Waals surface area contributed by atoms with Gasteiger partial charge in [-0.15, -0.1) is 0 Å². The highest BCUT2D eigenvalue weighted by Gasteiger charge is 2.24. The predicted octanol–water partition coefficient (Wildman–Crippen LogP) is 2.26. The monoisotopic (exact) mass is 237 g/mol. The summed E-state index contributed by atoms with van der Waals surface area (Å²) in [6.45, 7) is 0. The molecule has 0 atom stereocenters. The van der Waals surface area contributed by atoms with Crippen LogP contribution >= 0.6 is 0 Å². The van der Waals surface area contributed by atoms with Gasteiger partial charge in [0.15, 0.2) is 0 Å². The van der Waals surface area contributed by atoms with Crippen LogP contribution in [-0.4, -0.2) is 17.0 Å². The van der Waals surface area contributed by atoms with Crippen molar-refractivity contribution in [2.45, 2.75) is 19.3 Å². The molecule has 0 bridgehead atoms. The molecule has 1 saturated carbocycles. The zero-order valence-electron chi connectivity index (χ0n) is 9.07. The summed E-state index contributed by atoms with van der Waals surface area (Å²) in [5.41, 5.74) is -0.108. The van der Waals surface area contributed by atoms with Gasteiger partial charge in [-0.1, -0.05) is 0 Å². The standard InChI is InChI=1S/C12H12FNO3/c13-10-6-8(3-4-9(10)12(16)17)14-11(15)5-7-1-2-7/h3-4,6-7H,1-2,5H2,(H,14,15)(H,16,17). The number of carbonyl (C=O) groups is 2. The summed E-state index contributed by atoms with van der Waals surface area (Å²) < 4.78 is 13.3. The summed E-state index contributed by atoms with van der Waals surface area (Å²) >= 11 is 0. The van der Waals surface area contributed by atoms with Crippen LogP contribution in [0.4, 0.5) is 10.1 Å². The minimum Gasteiger partial charge on any atom is -0.478 e. The second-order valence-corrected chi connectivity index (χ2v) is 4.20. The van der Waals surface area contributed by atoms with E-state index in [-0.39, 0.29) is 11.6 Å². The van der Waals surface area contributed by atoms with Crippen molar-refractivity contribution >= 4 is 17.6 Å². The van der Waals surface area contributed by atoms with Crippen molar-refractivity contribution in [3.63, 3.8) is 0 Å². The summed E-state index contributed by atoms with van der Waals surface area (Å²) in [5, 5.41) is 11.2. The van der Waals surface area contributed by atoms with Crippen LogP contribution in [0.1, 0.15) is 29.6 Å². The molecule has 1 fully saturated rings. The first-order chi connectivity index (χ1) is 8.06. The lowest BCUT2D eigenvalue weighted by molar-refractivity contribution is -0.116. The zero-order chi connectivity index (χ0) is 12.4. The van der Waals surface area contributed by atoms with Gasteiger partial charge in [-0.2, -0.15) is 0 Å². The number of hydrogen-bond donors (Lipinski definition) is 2. The van der Waals surface area contributed by atoms with Crippen LogP contribution in [0.25, 0.3) is 0 Å². The average molecular weight is 237 g/mol. The Morgan fingerprint density at radius 2 is 2.12 bits per heavy atom. The Bertz CT molecular complexity index is 469. The molecule has 0 aromatic heterocycles. The maximum atomic E-state index is 13.3. The van der Waals surface area contributed by atoms with Crippen molar-refractivity contribution < 1.29 is 19.1 Å². The Labute approximate surface area is 97.4 Å². The molecule has 17 heavy (non-hydrogen) atoms. The first-order valence-electron chi connectivity index (χ1n) is 5.39. The van der Waals surface area contributed by atoms with Crippen molar-refractivity contribution in [2.75, 3.05) is 5.32 Å². The van der Waals surface area contributed by atoms with Gasteiger partial charge in [0, 0.05) is 12.1 Å². The molecule has 2 N–H and O–H groups in total. The Kier molecular flexibility index (Phi) is 3.08. The fraction of sp³-hybridized carbons (Fsp3) is 0.333. The molecule has 0 aliphatic heterocycles. The van der Waals surface area contributed by atoms with E-state index in [4.69, 9.17) is 5.11 Å². The topological polar surface area (TPSA) is 66.4 Å². The molecule has 2 rings (SSSR count). The van der Waals surface area contributed by atoms with E-state index in [1.807, 2.05) is 0 Å². The van der Waals surface area contributed by atoms with E-state index < -0.39 is 17.3 Å². The summed E-state index contributed by atoms with van der Waals surface area (Å²) in [6.07, 6.45) is 2.59.